The molecule has 1 aliphatic rings. The van der Waals surface area contributed by atoms with Gasteiger partial charge in [-0.15, -0.1) is 0 Å². The Hall–Kier alpha value is -2.86. The van der Waals surface area contributed by atoms with Crippen molar-refractivity contribution in [3.8, 4) is 17.2 Å². The normalized spacial score (nSPS) is 18.7. The lowest BCUT2D eigenvalue weighted by Gasteiger charge is -2.32. The molecule has 0 aromatic heterocycles. The Bertz CT molecular complexity index is 1020. The summed E-state index contributed by atoms with van der Waals surface area (Å²) in [5.74, 6) is 0.584. The molecular weight excluding hydrogens is 352 g/mol. The van der Waals surface area contributed by atoms with E-state index in [2.05, 4.69) is 0 Å². The first-order valence-electron chi connectivity index (χ1n) is 8.56. The van der Waals surface area contributed by atoms with E-state index in [4.69, 9.17) is 19.9 Å². The molecule has 1 aliphatic heterocycles. The lowest BCUT2D eigenvalue weighted by atomic mass is 9.90. The number of halogens is 2. The van der Waals surface area contributed by atoms with Crippen molar-refractivity contribution in [2.24, 2.45) is 5.73 Å². The van der Waals surface area contributed by atoms with Gasteiger partial charge in [0.15, 0.2) is 11.5 Å². The summed E-state index contributed by atoms with van der Waals surface area (Å²) < 4.78 is 44.2. The molecule has 2 N–H and O–H groups in total. The van der Waals surface area contributed by atoms with Crippen LogP contribution < -0.4 is 19.9 Å². The van der Waals surface area contributed by atoms with Crippen molar-refractivity contribution in [3.63, 3.8) is 0 Å². The maximum absolute atomic E-state index is 14.2. The third kappa shape index (κ3) is 2.96. The van der Waals surface area contributed by atoms with Crippen molar-refractivity contribution in [2.45, 2.75) is 18.6 Å². The summed E-state index contributed by atoms with van der Waals surface area (Å²) in [5.41, 5.74) is 7.49. The van der Waals surface area contributed by atoms with Crippen LogP contribution >= 0.6 is 0 Å². The molecule has 4 nitrogen and oxygen atoms in total. The minimum absolute atomic E-state index is 0.252. The summed E-state index contributed by atoms with van der Waals surface area (Å²) >= 11 is 0. The topological polar surface area (TPSA) is 53.7 Å². The molecule has 27 heavy (non-hydrogen) atoms. The van der Waals surface area contributed by atoms with Crippen molar-refractivity contribution >= 4 is 10.8 Å². The van der Waals surface area contributed by atoms with Gasteiger partial charge >= 0.3 is 0 Å². The fourth-order valence-electron chi connectivity index (χ4n) is 3.61. The second kappa shape index (κ2) is 6.70. The number of ether oxygens (including phenoxy) is 3. The van der Waals surface area contributed by atoms with Gasteiger partial charge in [0.1, 0.15) is 23.5 Å². The highest BCUT2D eigenvalue weighted by atomic mass is 19.1. The quantitative estimate of drug-likeness (QED) is 0.752. The zero-order valence-corrected chi connectivity index (χ0v) is 15.0. The van der Waals surface area contributed by atoms with Crippen LogP contribution in [-0.2, 0) is 6.42 Å². The molecule has 6 heteroatoms. The Morgan fingerprint density at radius 3 is 2.44 bits per heavy atom. The zero-order valence-electron chi connectivity index (χ0n) is 15.0. The van der Waals surface area contributed by atoms with Gasteiger partial charge in [-0.2, -0.15) is 0 Å². The molecule has 2 atom stereocenters. The van der Waals surface area contributed by atoms with Crippen LogP contribution in [-0.4, -0.2) is 20.3 Å². The lowest BCUT2D eigenvalue weighted by Crippen LogP contribution is -2.38. The molecule has 0 saturated carbocycles. The van der Waals surface area contributed by atoms with Crippen LogP contribution in [0.4, 0.5) is 8.78 Å². The van der Waals surface area contributed by atoms with Crippen molar-refractivity contribution in [1.29, 1.82) is 0 Å². The van der Waals surface area contributed by atoms with E-state index in [0.717, 1.165) is 22.4 Å². The molecule has 0 bridgehead atoms. The predicted molar refractivity (Wildman–Crippen MR) is 98.5 cm³/mol. The van der Waals surface area contributed by atoms with Crippen LogP contribution in [0.3, 0.4) is 0 Å². The first-order valence-corrected chi connectivity index (χ1v) is 8.56. The molecular formula is C21H19F2NO3. The smallest absolute Gasteiger partial charge is 0.161 e. The molecule has 140 valence electrons. The molecule has 0 aliphatic carbocycles. The van der Waals surface area contributed by atoms with E-state index in [1.807, 2.05) is 24.3 Å². The standard InChI is InChI=1S/C21H19F2NO3/c1-25-19-7-11-3-6-18-15(14(11)10-20(19)26-2)9-17(24)21(27-18)13-5-4-12(22)8-16(13)23/h3-8,10,17,21H,9,24H2,1-2H3/t17-,21+/m1/s1. The SMILES string of the molecule is COc1cc2ccc3c(c2cc1OC)C[C@@H](N)[C@H](c1ccc(F)cc1F)O3. The molecule has 3 aromatic rings. The van der Waals surface area contributed by atoms with Crippen LogP contribution in [0.5, 0.6) is 17.2 Å². The van der Waals surface area contributed by atoms with E-state index in [9.17, 15) is 8.78 Å². The van der Waals surface area contributed by atoms with Crippen molar-refractivity contribution in [3.05, 3.63) is 65.2 Å². The Balaban J connectivity index is 1.80. The highest BCUT2D eigenvalue weighted by molar-refractivity contribution is 5.91. The fourth-order valence-corrected chi connectivity index (χ4v) is 3.61. The van der Waals surface area contributed by atoms with Crippen LogP contribution in [0, 0.1) is 11.6 Å². The van der Waals surface area contributed by atoms with E-state index >= 15 is 0 Å². The van der Waals surface area contributed by atoms with Gasteiger partial charge in [-0.3, -0.25) is 0 Å². The number of hydrogen-bond acceptors (Lipinski definition) is 4. The molecule has 0 fully saturated rings. The summed E-state index contributed by atoms with van der Waals surface area (Å²) in [7, 11) is 3.16. The number of rotatable bonds is 3. The second-order valence-electron chi connectivity index (χ2n) is 6.54. The van der Waals surface area contributed by atoms with Crippen molar-refractivity contribution in [1.82, 2.24) is 0 Å². The maximum atomic E-state index is 14.2. The van der Waals surface area contributed by atoms with Gasteiger partial charge in [0.2, 0.25) is 0 Å². The van der Waals surface area contributed by atoms with Gasteiger partial charge in [0.25, 0.3) is 0 Å². The van der Waals surface area contributed by atoms with Crippen LogP contribution in [0.15, 0.2) is 42.5 Å². The van der Waals surface area contributed by atoms with Gasteiger partial charge in [0.05, 0.1) is 20.3 Å². The zero-order chi connectivity index (χ0) is 19.1. The average Bonchev–Trinajstić information content (AvgIpc) is 2.66. The van der Waals surface area contributed by atoms with E-state index in [0.29, 0.717) is 23.7 Å². The minimum atomic E-state index is -0.685. The van der Waals surface area contributed by atoms with E-state index in [-0.39, 0.29) is 5.56 Å². The van der Waals surface area contributed by atoms with Crippen LogP contribution in [0.1, 0.15) is 17.2 Å². The van der Waals surface area contributed by atoms with Gasteiger partial charge in [-0.25, -0.2) is 8.78 Å². The molecule has 0 amide bonds. The fraction of sp³-hybridized carbons (Fsp3) is 0.238. The summed E-state index contributed by atoms with van der Waals surface area (Å²) in [4.78, 5) is 0. The van der Waals surface area contributed by atoms with Crippen LogP contribution in [0.25, 0.3) is 10.8 Å². The largest absolute Gasteiger partial charge is 0.493 e. The lowest BCUT2D eigenvalue weighted by molar-refractivity contribution is 0.150. The van der Waals surface area contributed by atoms with Gasteiger partial charge < -0.3 is 19.9 Å². The Morgan fingerprint density at radius 2 is 1.74 bits per heavy atom. The van der Waals surface area contributed by atoms with Gasteiger partial charge in [-0.1, -0.05) is 6.07 Å². The average molecular weight is 371 g/mol. The summed E-state index contributed by atoms with van der Waals surface area (Å²) in [6.45, 7) is 0. The van der Waals surface area contributed by atoms with E-state index < -0.39 is 23.8 Å². The number of benzene rings is 3. The number of nitrogens with two attached hydrogens (primary N) is 1. The molecule has 3 aromatic carbocycles. The van der Waals surface area contributed by atoms with Crippen molar-refractivity contribution < 1.29 is 23.0 Å². The van der Waals surface area contributed by atoms with E-state index in [1.54, 1.807) is 14.2 Å². The maximum Gasteiger partial charge on any atom is 0.161 e. The Morgan fingerprint density at radius 1 is 1.00 bits per heavy atom. The molecule has 0 spiro atoms. The predicted octanol–water partition coefficient (Wildman–Crippen LogP) is 4.14. The first kappa shape index (κ1) is 17.5. The molecule has 0 saturated heterocycles. The highest BCUT2D eigenvalue weighted by Gasteiger charge is 2.32. The van der Waals surface area contributed by atoms with E-state index in [1.165, 1.54) is 12.1 Å². The van der Waals surface area contributed by atoms with Crippen LogP contribution in [0.2, 0.25) is 0 Å². The highest BCUT2D eigenvalue weighted by Crippen LogP contribution is 2.42. The second-order valence-corrected chi connectivity index (χ2v) is 6.54. The summed E-state index contributed by atoms with van der Waals surface area (Å²) in [5, 5.41) is 1.91. The third-order valence-electron chi connectivity index (χ3n) is 4.94. The Kier molecular flexibility index (Phi) is 4.36. The summed E-state index contributed by atoms with van der Waals surface area (Å²) in [6.07, 6.45) is -0.195. The molecule has 1 heterocycles. The molecule has 0 radical (unpaired) electrons. The molecule has 4 rings (SSSR count). The Labute approximate surface area is 155 Å². The monoisotopic (exact) mass is 371 g/mol. The van der Waals surface area contributed by atoms with Gasteiger partial charge in [0, 0.05) is 17.2 Å². The first-order chi connectivity index (χ1) is 13.0. The van der Waals surface area contributed by atoms with Gasteiger partial charge in [-0.05, 0) is 47.5 Å². The number of fused-ring (bicyclic) bond motifs is 3. The molecule has 0 unspecified atom stereocenters. The minimum Gasteiger partial charge on any atom is -0.493 e. The van der Waals surface area contributed by atoms with Crippen molar-refractivity contribution in [2.75, 3.05) is 14.2 Å². The number of hydrogen-bond donors (Lipinski definition) is 1. The summed E-state index contributed by atoms with van der Waals surface area (Å²) in [6, 6.07) is 10.5. The number of methoxy groups -OCH3 is 2. The third-order valence-corrected chi connectivity index (χ3v) is 4.94.